The Hall–Kier alpha value is -2.07. The Morgan fingerprint density at radius 2 is 2.27 bits per heavy atom. The molecule has 2 fully saturated rings. The Morgan fingerprint density at radius 3 is 3.00 bits per heavy atom. The normalized spacial score (nSPS) is 25.9. The second kappa shape index (κ2) is 6.36. The predicted molar refractivity (Wildman–Crippen MR) is 81.9 cm³/mol. The molecule has 3 rings (SSSR count). The molecule has 0 spiro atoms. The van der Waals surface area contributed by atoms with E-state index < -0.39 is 0 Å². The summed E-state index contributed by atoms with van der Waals surface area (Å²) in [5.41, 5.74) is 0. The first kappa shape index (κ1) is 14.9. The number of hydrogen-bond donors (Lipinski definition) is 1. The van der Waals surface area contributed by atoms with Crippen LogP contribution in [0.2, 0.25) is 0 Å². The van der Waals surface area contributed by atoms with Crippen molar-refractivity contribution in [3.05, 3.63) is 12.5 Å². The molecule has 0 radical (unpaired) electrons. The first-order valence-electron chi connectivity index (χ1n) is 7.83. The fourth-order valence-electron chi connectivity index (χ4n) is 3.28. The molecule has 7 heteroatoms. The third-order valence-corrected chi connectivity index (χ3v) is 4.57. The van der Waals surface area contributed by atoms with Gasteiger partial charge in [-0.1, -0.05) is 0 Å². The Bertz CT molecular complexity index is 577. The molecule has 0 bridgehead atoms. The van der Waals surface area contributed by atoms with Crippen LogP contribution in [-0.4, -0.2) is 58.5 Å². The van der Waals surface area contributed by atoms with E-state index in [1.807, 2.05) is 6.20 Å². The summed E-state index contributed by atoms with van der Waals surface area (Å²) in [4.78, 5) is 20.5. The molecule has 7 nitrogen and oxygen atoms in total. The largest absolute Gasteiger partial charge is 0.331 e. The average Bonchev–Trinajstić information content (AvgIpc) is 3.16. The van der Waals surface area contributed by atoms with Crippen LogP contribution in [0.15, 0.2) is 12.5 Å². The van der Waals surface area contributed by atoms with Gasteiger partial charge in [0.2, 0.25) is 5.91 Å². The van der Waals surface area contributed by atoms with Crippen molar-refractivity contribution in [2.24, 2.45) is 5.92 Å². The van der Waals surface area contributed by atoms with Gasteiger partial charge in [-0.15, -0.1) is 0 Å². The van der Waals surface area contributed by atoms with Gasteiger partial charge in [-0.25, -0.2) is 4.98 Å². The highest BCUT2D eigenvalue weighted by molar-refractivity contribution is 5.91. The Kier molecular flexibility index (Phi) is 4.29. The number of nitriles is 1. The van der Waals surface area contributed by atoms with Crippen LogP contribution in [0.4, 0.5) is 5.82 Å². The van der Waals surface area contributed by atoms with Crippen LogP contribution in [0.5, 0.6) is 0 Å². The lowest BCUT2D eigenvalue weighted by Gasteiger charge is -2.30. The van der Waals surface area contributed by atoms with Crippen molar-refractivity contribution in [2.75, 3.05) is 38.5 Å². The molecule has 22 heavy (non-hydrogen) atoms. The van der Waals surface area contributed by atoms with Crippen LogP contribution in [0.3, 0.4) is 0 Å². The topological polar surface area (TPSA) is 77.2 Å². The van der Waals surface area contributed by atoms with Crippen molar-refractivity contribution >= 4 is 11.7 Å². The van der Waals surface area contributed by atoms with Gasteiger partial charge in [0.15, 0.2) is 12.0 Å². The van der Waals surface area contributed by atoms with Crippen LogP contribution in [0, 0.1) is 17.4 Å². The van der Waals surface area contributed by atoms with E-state index in [0.29, 0.717) is 24.9 Å². The summed E-state index contributed by atoms with van der Waals surface area (Å²) in [6.07, 6.45) is 8.87. The Morgan fingerprint density at radius 1 is 1.41 bits per heavy atom. The van der Waals surface area contributed by atoms with E-state index in [0.717, 1.165) is 25.9 Å². The maximum absolute atomic E-state index is 12.2. The van der Waals surface area contributed by atoms with Crippen molar-refractivity contribution in [1.29, 1.82) is 5.26 Å². The molecule has 118 valence electrons. The average molecular weight is 302 g/mol. The van der Waals surface area contributed by atoms with Gasteiger partial charge in [-0.3, -0.25) is 4.79 Å². The molecule has 2 saturated heterocycles. The zero-order valence-corrected chi connectivity index (χ0v) is 12.9. The second-order valence-electron chi connectivity index (χ2n) is 6.29. The summed E-state index contributed by atoms with van der Waals surface area (Å²) in [5.74, 6) is 0.447. The van der Waals surface area contributed by atoms with Crippen LogP contribution in [-0.2, 0) is 4.79 Å². The van der Waals surface area contributed by atoms with E-state index >= 15 is 0 Å². The van der Waals surface area contributed by atoms with Crippen molar-refractivity contribution in [2.45, 2.75) is 25.3 Å². The van der Waals surface area contributed by atoms with Crippen LogP contribution < -0.4 is 5.32 Å². The lowest BCUT2D eigenvalue weighted by molar-refractivity contribution is -0.119. The van der Waals surface area contributed by atoms with E-state index in [1.54, 1.807) is 11.2 Å². The number of hydrogen-bond acceptors (Lipinski definition) is 5. The number of piperidine rings is 1. The van der Waals surface area contributed by atoms with E-state index in [1.165, 1.54) is 6.42 Å². The van der Waals surface area contributed by atoms with E-state index in [9.17, 15) is 4.79 Å². The smallest absolute Gasteiger partial charge is 0.230 e. The number of nitrogens with one attached hydrogen (secondary N) is 1. The van der Waals surface area contributed by atoms with Crippen molar-refractivity contribution in [3.8, 4) is 6.19 Å². The molecule has 2 aliphatic heterocycles. The number of likely N-dealkylation sites (tertiary alicyclic amines) is 2. The number of likely N-dealkylation sites (N-methyl/N-ethyl adjacent to an activating group) is 1. The predicted octanol–water partition coefficient (Wildman–Crippen LogP) is 0.891. The Balaban J connectivity index is 1.57. The molecule has 0 aliphatic carbocycles. The van der Waals surface area contributed by atoms with Crippen molar-refractivity contribution in [1.82, 2.24) is 19.4 Å². The minimum atomic E-state index is -0.120. The molecule has 2 aliphatic rings. The highest BCUT2D eigenvalue weighted by Gasteiger charge is 2.28. The second-order valence-corrected chi connectivity index (χ2v) is 6.29. The summed E-state index contributed by atoms with van der Waals surface area (Å²) in [6, 6.07) is 0.428. The Labute approximate surface area is 130 Å². The molecular formula is C15H22N6O. The van der Waals surface area contributed by atoms with Gasteiger partial charge in [0.1, 0.15) is 0 Å². The first-order chi connectivity index (χ1) is 10.7. The number of nitrogens with zero attached hydrogens (tertiary/aromatic N) is 5. The standard InChI is InChI=1S/C15H22N6O/c1-19-5-2-3-13(8-19)21-9-14(17-11-21)18-15(22)12-4-6-20(7-12)10-16/h9,11-13H,2-8H2,1H3,(H,18,22). The summed E-state index contributed by atoms with van der Waals surface area (Å²) < 4.78 is 2.10. The van der Waals surface area contributed by atoms with E-state index in [4.69, 9.17) is 5.26 Å². The van der Waals surface area contributed by atoms with Gasteiger partial charge in [0, 0.05) is 31.9 Å². The molecule has 0 aromatic carbocycles. The molecule has 0 saturated carbocycles. The quantitative estimate of drug-likeness (QED) is 0.839. The van der Waals surface area contributed by atoms with Gasteiger partial charge >= 0.3 is 0 Å². The molecular weight excluding hydrogens is 280 g/mol. The van der Waals surface area contributed by atoms with E-state index in [2.05, 4.69) is 33.0 Å². The molecule has 2 atom stereocenters. The zero-order valence-electron chi connectivity index (χ0n) is 12.9. The van der Waals surface area contributed by atoms with Crippen molar-refractivity contribution < 1.29 is 4.79 Å². The molecule has 1 aromatic rings. The summed E-state index contributed by atoms with van der Waals surface area (Å²) in [6.45, 7) is 3.34. The third-order valence-electron chi connectivity index (χ3n) is 4.57. The van der Waals surface area contributed by atoms with Crippen LogP contribution in [0.25, 0.3) is 0 Å². The van der Waals surface area contributed by atoms with E-state index in [-0.39, 0.29) is 11.8 Å². The summed E-state index contributed by atoms with van der Waals surface area (Å²) >= 11 is 0. The van der Waals surface area contributed by atoms with Crippen LogP contribution in [0.1, 0.15) is 25.3 Å². The van der Waals surface area contributed by atoms with Gasteiger partial charge < -0.3 is 19.7 Å². The minimum absolute atomic E-state index is 0.0382. The molecule has 1 aromatic heterocycles. The molecule has 3 heterocycles. The maximum Gasteiger partial charge on any atom is 0.230 e. The fourth-order valence-corrected chi connectivity index (χ4v) is 3.28. The fraction of sp³-hybridized carbons (Fsp3) is 0.667. The number of carbonyl (C=O) groups excluding carboxylic acids is 1. The monoisotopic (exact) mass is 302 g/mol. The van der Waals surface area contributed by atoms with Gasteiger partial charge in [-0.05, 0) is 32.9 Å². The lowest BCUT2D eigenvalue weighted by atomic mass is 10.1. The zero-order chi connectivity index (χ0) is 15.5. The molecule has 2 unspecified atom stereocenters. The lowest BCUT2D eigenvalue weighted by Crippen LogP contribution is -2.33. The molecule has 1 N–H and O–H groups in total. The number of anilines is 1. The van der Waals surface area contributed by atoms with Gasteiger partial charge in [0.25, 0.3) is 0 Å². The summed E-state index contributed by atoms with van der Waals surface area (Å²) in [7, 11) is 2.13. The van der Waals surface area contributed by atoms with Gasteiger partial charge in [-0.2, -0.15) is 5.26 Å². The van der Waals surface area contributed by atoms with Crippen molar-refractivity contribution in [3.63, 3.8) is 0 Å². The number of aromatic nitrogens is 2. The van der Waals surface area contributed by atoms with Crippen LogP contribution >= 0.6 is 0 Å². The SMILES string of the molecule is CN1CCCC(n2cnc(NC(=O)C3CCN(C#N)C3)c2)C1. The number of amides is 1. The number of carbonyl (C=O) groups is 1. The third kappa shape index (κ3) is 3.22. The van der Waals surface area contributed by atoms with Gasteiger partial charge in [0.05, 0.1) is 12.2 Å². The number of rotatable bonds is 3. The minimum Gasteiger partial charge on any atom is -0.331 e. The number of imidazole rings is 1. The maximum atomic E-state index is 12.2. The highest BCUT2D eigenvalue weighted by Crippen LogP contribution is 2.22. The summed E-state index contributed by atoms with van der Waals surface area (Å²) in [5, 5.41) is 11.7. The molecule has 1 amide bonds. The first-order valence-corrected chi connectivity index (χ1v) is 7.83. The highest BCUT2D eigenvalue weighted by atomic mass is 16.2.